The van der Waals surface area contributed by atoms with Crippen molar-refractivity contribution >= 4 is 11.6 Å². The van der Waals surface area contributed by atoms with E-state index in [9.17, 15) is 0 Å². The summed E-state index contributed by atoms with van der Waals surface area (Å²) in [6.07, 6.45) is 3.56. The summed E-state index contributed by atoms with van der Waals surface area (Å²) >= 11 is 0. The molecule has 1 aliphatic heterocycles. The highest BCUT2D eigenvalue weighted by Gasteiger charge is 2.20. The van der Waals surface area contributed by atoms with E-state index in [2.05, 4.69) is 27.1 Å². The van der Waals surface area contributed by atoms with Crippen molar-refractivity contribution in [1.29, 1.82) is 0 Å². The minimum absolute atomic E-state index is 0.326. The Balaban J connectivity index is 1.92. The number of pyridine rings is 1. The third-order valence-corrected chi connectivity index (χ3v) is 3.58. The first-order valence-corrected chi connectivity index (χ1v) is 7.09. The van der Waals surface area contributed by atoms with E-state index in [4.69, 9.17) is 9.72 Å². The Morgan fingerprint density at radius 1 is 1.29 bits per heavy atom. The Morgan fingerprint density at radius 2 is 2.14 bits per heavy atom. The maximum absolute atomic E-state index is 5.48. The standard InChI is InChI=1S/C15H19N5O/c1-11-10-21-8-7-20(11)14-4-6-18-15(19-14)12-3-5-17-13(9-12)16-2/h3-6,9,11H,7-8,10H2,1-2H3,(H,16,17). The van der Waals surface area contributed by atoms with Crippen LogP contribution in [0.15, 0.2) is 30.6 Å². The predicted molar refractivity (Wildman–Crippen MR) is 82.4 cm³/mol. The molecule has 110 valence electrons. The Hall–Kier alpha value is -2.21. The molecule has 3 rings (SSSR count). The van der Waals surface area contributed by atoms with E-state index in [1.165, 1.54) is 0 Å². The molecule has 0 radical (unpaired) electrons. The van der Waals surface area contributed by atoms with Crippen LogP contribution in [-0.4, -0.2) is 47.8 Å². The zero-order valence-corrected chi connectivity index (χ0v) is 12.3. The van der Waals surface area contributed by atoms with Gasteiger partial charge in [-0.25, -0.2) is 15.0 Å². The highest BCUT2D eigenvalue weighted by Crippen LogP contribution is 2.22. The molecule has 1 fully saturated rings. The van der Waals surface area contributed by atoms with E-state index in [0.717, 1.165) is 37.0 Å². The molecule has 0 spiro atoms. The summed E-state index contributed by atoms with van der Waals surface area (Å²) in [6, 6.07) is 6.14. The summed E-state index contributed by atoms with van der Waals surface area (Å²) in [4.78, 5) is 15.5. The van der Waals surface area contributed by atoms with Crippen molar-refractivity contribution < 1.29 is 4.74 Å². The Morgan fingerprint density at radius 3 is 2.95 bits per heavy atom. The third kappa shape index (κ3) is 2.95. The van der Waals surface area contributed by atoms with Crippen molar-refractivity contribution in [3.05, 3.63) is 30.6 Å². The molecule has 21 heavy (non-hydrogen) atoms. The second kappa shape index (κ2) is 6.05. The highest BCUT2D eigenvalue weighted by atomic mass is 16.5. The molecule has 0 aliphatic carbocycles. The lowest BCUT2D eigenvalue weighted by Gasteiger charge is -2.34. The van der Waals surface area contributed by atoms with Crippen LogP contribution in [-0.2, 0) is 4.74 Å². The van der Waals surface area contributed by atoms with E-state index in [-0.39, 0.29) is 0 Å². The third-order valence-electron chi connectivity index (χ3n) is 3.58. The average Bonchev–Trinajstić information content (AvgIpc) is 2.55. The second-order valence-electron chi connectivity index (χ2n) is 5.04. The molecule has 2 aromatic heterocycles. The number of anilines is 2. The van der Waals surface area contributed by atoms with Crippen molar-refractivity contribution in [1.82, 2.24) is 15.0 Å². The molecule has 1 atom stereocenters. The van der Waals surface area contributed by atoms with Crippen LogP contribution >= 0.6 is 0 Å². The second-order valence-corrected chi connectivity index (χ2v) is 5.04. The monoisotopic (exact) mass is 285 g/mol. The quantitative estimate of drug-likeness (QED) is 0.928. The van der Waals surface area contributed by atoms with Gasteiger partial charge in [-0.1, -0.05) is 0 Å². The highest BCUT2D eigenvalue weighted by molar-refractivity contribution is 5.61. The van der Waals surface area contributed by atoms with Gasteiger partial charge in [-0.2, -0.15) is 0 Å². The number of nitrogens with one attached hydrogen (secondary N) is 1. The molecule has 0 amide bonds. The first-order valence-electron chi connectivity index (χ1n) is 7.09. The summed E-state index contributed by atoms with van der Waals surface area (Å²) in [5.74, 6) is 2.46. The molecule has 6 nitrogen and oxygen atoms in total. The van der Waals surface area contributed by atoms with Crippen LogP contribution in [0.25, 0.3) is 11.4 Å². The molecule has 0 saturated carbocycles. The molecule has 1 N–H and O–H groups in total. The van der Waals surface area contributed by atoms with Crippen LogP contribution in [0, 0.1) is 0 Å². The SMILES string of the molecule is CNc1cc(-c2nccc(N3CCOCC3C)n2)ccn1. The molecule has 1 unspecified atom stereocenters. The van der Waals surface area contributed by atoms with Gasteiger partial charge in [0.25, 0.3) is 0 Å². The van der Waals surface area contributed by atoms with Crippen molar-refractivity contribution in [2.75, 3.05) is 37.0 Å². The van der Waals surface area contributed by atoms with Gasteiger partial charge in [0.1, 0.15) is 11.6 Å². The summed E-state index contributed by atoms with van der Waals surface area (Å²) < 4.78 is 5.48. The maximum Gasteiger partial charge on any atom is 0.161 e. The zero-order valence-electron chi connectivity index (χ0n) is 12.3. The molecule has 0 bridgehead atoms. The first-order chi connectivity index (χ1) is 10.3. The Kier molecular flexibility index (Phi) is 3.96. The van der Waals surface area contributed by atoms with E-state index in [0.29, 0.717) is 11.9 Å². The van der Waals surface area contributed by atoms with Gasteiger partial charge in [0, 0.05) is 31.5 Å². The maximum atomic E-state index is 5.48. The number of aromatic nitrogens is 3. The summed E-state index contributed by atoms with van der Waals surface area (Å²) in [5, 5.41) is 3.03. The summed E-state index contributed by atoms with van der Waals surface area (Å²) in [5.41, 5.74) is 0.956. The normalized spacial score (nSPS) is 18.6. The lowest BCUT2D eigenvalue weighted by atomic mass is 10.2. The number of rotatable bonds is 3. The van der Waals surface area contributed by atoms with Crippen LogP contribution in [0.3, 0.4) is 0 Å². The van der Waals surface area contributed by atoms with Crippen LogP contribution in [0.1, 0.15) is 6.92 Å². The van der Waals surface area contributed by atoms with Crippen LogP contribution in [0.5, 0.6) is 0 Å². The number of hydrogen-bond donors (Lipinski definition) is 1. The Labute approximate surface area is 124 Å². The Bertz CT molecular complexity index is 619. The predicted octanol–water partition coefficient (Wildman–Crippen LogP) is 1.81. The first kappa shape index (κ1) is 13.8. The van der Waals surface area contributed by atoms with Gasteiger partial charge >= 0.3 is 0 Å². The average molecular weight is 285 g/mol. The van der Waals surface area contributed by atoms with Crippen molar-refractivity contribution in [2.24, 2.45) is 0 Å². The fourth-order valence-electron chi connectivity index (χ4n) is 2.42. The molecule has 2 aromatic rings. The van der Waals surface area contributed by atoms with Gasteiger partial charge in [0.05, 0.1) is 19.3 Å². The van der Waals surface area contributed by atoms with Crippen LogP contribution in [0.4, 0.5) is 11.6 Å². The van der Waals surface area contributed by atoms with Crippen LogP contribution < -0.4 is 10.2 Å². The van der Waals surface area contributed by atoms with Gasteiger partial charge in [0.15, 0.2) is 5.82 Å². The fourth-order valence-corrected chi connectivity index (χ4v) is 2.42. The number of nitrogens with zero attached hydrogens (tertiary/aromatic N) is 4. The summed E-state index contributed by atoms with van der Waals surface area (Å²) in [7, 11) is 1.85. The van der Waals surface area contributed by atoms with E-state index in [1.807, 2.05) is 25.2 Å². The lowest BCUT2D eigenvalue weighted by molar-refractivity contribution is 0.0985. The summed E-state index contributed by atoms with van der Waals surface area (Å²) in [6.45, 7) is 4.48. The molecule has 0 aromatic carbocycles. The molecular formula is C15H19N5O. The molecule has 6 heteroatoms. The minimum atomic E-state index is 0.326. The number of hydrogen-bond acceptors (Lipinski definition) is 6. The van der Waals surface area contributed by atoms with Crippen molar-refractivity contribution in [3.8, 4) is 11.4 Å². The zero-order chi connectivity index (χ0) is 14.7. The lowest BCUT2D eigenvalue weighted by Crippen LogP contribution is -2.44. The number of ether oxygens (including phenoxy) is 1. The van der Waals surface area contributed by atoms with Gasteiger partial charge in [-0.05, 0) is 25.1 Å². The van der Waals surface area contributed by atoms with Crippen LogP contribution in [0.2, 0.25) is 0 Å². The number of morpholine rings is 1. The minimum Gasteiger partial charge on any atom is -0.377 e. The van der Waals surface area contributed by atoms with Gasteiger partial charge in [-0.15, -0.1) is 0 Å². The molecule has 3 heterocycles. The topological polar surface area (TPSA) is 63.2 Å². The van der Waals surface area contributed by atoms with Gasteiger partial charge < -0.3 is 15.0 Å². The van der Waals surface area contributed by atoms with E-state index in [1.54, 1.807) is 12.4 Å². The molecule has 1 aliphatic rings. The molecular weight excluding hydrogens is 266 g/mol. The fraction of sp³-hybridized carbons (Fsp3) is 0.400. The van der Waals surface area contributed by atoms with E-state index < -0.39 is 0 Å². The van der Waals surface area contributed by atoms with Crippen molar-refractivity contribution in [3.63, 3.8) is 0 Å². The van der Waals surface area contributed by atoms with Crippen molar-refractivity contribution in [2.45, 2.75) is 13.0 Å². The van der Waals surface area contributed by atoms with E-state index >= 15 is 0 Å². The largest absolute Gasteiger partial charge is 0.377 e. The smallest absolute Gasteiger partial charge is 0.161 e. The van der Waals surface area contributed by atoms with Gasteiger partial charge in [-0.3, -0.25) is 0 Å². The molecule has 1 saturated heterocycles. The van der Waals surface area contributed by atoms with Gasteiger partial charge in [0.2, 0.25) is 0 Å².